The van der Waals surface area contributed by atoms with Crippen LogP contribution in [0.3, 0.4) is 0 Å². The van der Waals surface area contributed by atoms with Crippen LogP contribution in [0.15, 0.2) is 30.3 Å². The average Bonchev–Trinajstić information content (AvgIpc) is 2.35. The highest BCUT2D eigenvalue weighted by molar-refractivity contribution is 5.15. The lowest BCUT2D eigenvalue weighted by molar-refractivity contribution is 0.186. The van der Waals surface area contributed by atoms with Crippen molar-refractivity contribution in [2.45, 2.75) is 26.3 Å². The average molecular weight is 250 g/mol. The lowest BCUT2D eigenvalue weighted by Gasteiger charge is -2.20. The Balaban J connectivity index is 2.23. The predicted molar refractivity (Wildman–Crippen MR) is 76.4 cm³/mol. The van der Waals surface area contributed by atoms with Crippen LogP contribution in [0.5, 0.6) is 0 Å². The van der Waals surface area contributed by atoms with Gasteiger partial charge in [0, 0.05) is 25.7 Å². The van der Waals surface area contributed by atoms with Gasteiger partial charge >= 0.3 is 0 Å². The predicted octanol–water partition coefficient (Wildman–Crippen LogP) is 1.41. The topological polar surface area (TPSA) is 58.3 Å². The molecule has 0 radical (unpaired) electrons. The maximum atomic E-state index is 9.23. The monoisotopic (exact) mass is 250 g/mol. The van der Waals surface area contributed by atoms with Gasteiger partial charge in [-0.2, -0.15) is 0 Å². The van der Waals surface area contributed by atoms with Crippen LogP contribution < -0.4 is 11.1 Å². The molecule has 4 N–H and O–H groups in total. The molecule has 1 aromatic rings. The molecule has 0 saturated carbocycles. The number of aliphatic hydroxyl groups is 1. The molecular weight excluding hydrogens is 224 g/mol. The number of hydrogen-bond donors (Lipinski definition) is 3. The second-order valence-electron chi connectivity index (χ2n) is 5.29. The van der Waals surface area contributed by atoms with Gasteiger partial charge in [-0.15, -0.1) is 0 Å². The first-order valence-electron chi connectivity index (χ1n) is 6.74. The molecule has 3 heteroatoms. The van der Waals surface area contributed by atoms with E-state index in [1.54, 1.807) is 0 Å². The Morgan fingerprint density at radius 1 is 1.17 bits per heavy atom. The van der Waals surface area contributed by atoms with E-state index in [4.69, 9.17) is 5.73 Å². The van der Waals surface area contributed by atoms with Crippen molar-refractivity contribution in [1.29, 1.82) is 0 Å². The van der Waals surface area contributed by atoms with Crippen molar-refractivity contribution < 1.29 is 5.11 Å². The van der Waals surface area contributed by atoms with Gasteiger partial charge in [0.15, 0.2) is 0 Å². The normalized spacial score (nSPS) is 14.7. The molecule has 0 saturated heterocycles. The van der Waals surface area contributed by atoms with Gasteiger partial charge in [-0.1, -0.05) is 44.2 Å². The first-order chi connectivity index (χ1) is 8.63. The maximum absolute atomic E-state index is 9.23. The van der Waals surface area contributed by atoms with E-state index in [2.05, 4.69) is 31.3 Å². The molecule has 1 rings (SSSR count). The van der Waals surface area contributed by atoms with Crippen molar-refractivity contribution in [3.8, 4) is 0 Å². The van der Waals surface area contributed by atoms with Gasteiger partial charge < -0.3 is 16.2 Å². The molecule has 102 valence electrons. The van der Waals surface area contributed by atoms with Crippen LogP contribution in [0.25, 0.3) is 0 Å². The van der Waals surface area contributed by atoms with Gasteiger partial charge in [0.2, 0.25) is 0 Å². The molecule has 1 aromatic carbocycles. The van der Waals surface area contributed by atoms with E-state index in [9.17, 15) is 5.11 Å². The van der Waals surface area contributed by atoms with Gasteiger partial charge in [-0.25, -0.2) is 0 Å². The molecule has 0 heterocycles. The smallest absolute Gasteiger partial charge is 0.0473 e. The van der Waals surface area contributed by atoms with E-state index in [1.807, 2.05) is 18.2 Å². The van der Waals surface area contributed by atoms with Gasteiger partial charge in [0.05, 0.1) is 0 Å². The van der Waals surface area contributed by atoms with Crippen molar-refractivity contribution in [2.24, 2.45) is 17.6 Å². The van der Waals surface area contributed by atoms with E-state index >= 15 is 0 Å². The minimum atomic E-state index is 0.124. The van der Waals surface area contributed by atoms with Crippen molar-refractivity contribution >= 4 is 0 Å². The third-order valence-electron chi connectivity index (χ3n) is 3.33. The summed E-state index contributed by atoms with van der Waals surface area (Å²) in [4.78, 5) is 0. The standard InChI is InChI=1S/C15H26N2O/c1-12(2)14(11-18)9-17-10-15(16)8-13-6-4-3-5-7-13/h3-7,12,14-15,17-18H,8-11,16H2,1-2H3. The highest BCUT2D eigenvalue weighted by Crippen LogP contribution is 2.08. The van der Waals surface area contributed by atoms with Gasteiger partial charge in [-0.3, -0.25) is 0 Å². The molecule has 2 atom stereocenters. The van der Waals surface area contributed by atoms with Gasteiger partial charge in [0.25, 0.3) is 0 Å². The molecule has 18 heavy (non-hydrogen) atoms. The summed E-state index contributed by atoms with van der Waals surface area (Å²) in [5.74, 6) is 0.807. The highest BCUT2D eigenvalue weighted by atomic mass is 16.3. The van der Waals surface area contributed by atoms with Crippen molar-refractivity contribution in [2.75, 3.05) is 19.7 Å². The number of hydrogen-bond acceptors (Lipinski definition) is 3. The molecule has 0 aliphatic carbocycles. The summed E-state index contributed by atoms with van der Waals surface area (Å²) in [6.07, 6.45) is 0.888. The molecular formula is C15H26N2O. The van der Waals surface area contributed by atoms with E-state index < -0.39 is 0 Å². The summed E-state index contributed by atoms with van der Waals surface area (Å²) in [5.41, 5.74) is 7.36. The Hall–Kier alpha value is -0.900. The van der Waals surface area contributed by atoms with Crippen LogP contribution in [0.4, 0.5) is 0 Å². The molecule has 0 spiro atoms. The van der Waals surface area contributed by atoms with Crippen LogP contribution in [-0.4, -0.2) is 30.8 Å². The molecule has 0 fully saturated rings. The number of rotatable bonds is 8. The van der Waals surface area contributed by atoms with Gasteiger partial charge in [0.1, 0.15) is 0 Å². The molecule has 0 aliphatic rings. The van der Waals surface area contributed by atoms with Crippen LogP contribution >= 0.6 is 0 Å². The Morgan fingerprint density at radius 3 is 2.39 bits per heavy atom. The molecule has 0 bridgehead atoms. The van der Waals surface area contributed by atoms with E-state index in [1.165, 1.54) is 5.56 Å². The second-order valence-corrected chi connectivity index (χ2v) is 5.29. The third-order valence-corrected chi connectivity index (χ3v) is 3.33. The summed E-state index contributed by atoms with van der Waals surface area (Å²) in [6.45, 7) is 6.12. The summed E-state index contributed by atoms with van der Waals surface area (Å²) in [5, 5.41) is 12.6. The summed E-state index contributed by atoms with van der Waals surface area (Å²) in [6, 6.07) is 10.4. The second kappa shape index (κ2) is 8.25. The molecule has 0 aliphatic heterocycles. The SMILES string of the molecule is CC(C)C(CO)CNCC(N)Cc1ccccc1. The fourth-order valence-corrected chi connectivity index (χ4v) is 1.95. The van der Waals surface area contributed by atoms with Crippen LogP contribution in [0.1, 0.15) is 19.4 Å². The van der Waals surface area contributed by atoms with E-state index in [-0.39, 0.29) is 12.6 Å². The van der Waals surface area contributed by atoms with Crippen LogP contribution in [0.2, 0.25) is 0 Å². The number of nitrogens with two attached hydrogens (primary N) is 1. The Kier molecular flexibility index (Phi) is 6.94. The number of benzene rings is 1. The quantitative estimate of drug-likeness (QED) is 0.654. The largest absolute Gasteiger partial charge is 0.396 e. The van der Waals surface area contributed by atoms with Crippen molar-refractivity contribution in [3.63, 3.8) is 0 Å². The minimum absolute atomic E-state index is 0.124. The summed E-state index contributed by atoms with van der Waals surface area (Å²) < 4.78 is 0. The molecule has 3 nitrogen and oxygen atoms in total. The van der Waals surface area contributed by atoms with Crippen LogP contribution in [-0.2, 0) is 6.42 Å². The summed E-state index contributed by atoms with van der Waals surface area (Å²) >= 11 is 0. The van der Waals surface area contributed by atoms with Crippen molar-refractivity contribution in [3.05, 3.63) is 35.9 Å². The van der Waals surface area contributed by atoms with Crippen LogP contribution in [0, 0.1) is 11.8 Å². The fraction of sp³-hybridized carbons (Fsp3) is 0.600. The van der Waals surface area contributed by atoms with Crippen molar-refractivity contribution in [1.82, 2.24) is 5.32 Å². The van der Waals surface area contributed by atoms with E-state index in [0.29, 0.717) is 11.8 Å². The molecule has 2 unspecified atom stereocenters. The van der Waals surface area contributed by atoms with E-state index in [0.717, 1.165) is 19.5 Å². The highest BCUT2D eigenvalue weighted by Gasteiger charge is 2.12. The zero-order valence-electron chi connectivity index (χ0n) is 11.5. The first kappa shape index (κ1) is 15.2. The minimum Gasteiger partial charge on any atom is -0.396 e. The summed E-state index contributed by atoms with van der Waals surface area (Å²) in [7, 11) is 0. The fourth-order valence-electron chi connectivity index (χ4n) is 1.95. The Morgan fingerprint density at radius 2 is 1.83 bits per heavy atom. The van der Waals surface area contributed by atoms with Gasteiger partial charge in [-0.05, 0) is 23.8 Å². The lowest BCUT2D eigenvalue weighted by atomic mass is 9.96. The first-order valence-corrected chi connectivity index (χ1v) is 6.74. The number of nitrogens with one attached hydrogen (secondary N) is 1. The molecule has 0 amide bonds. The zero-order valence-corrected chi connectivity index (χ0v) is 11.5. The Bertz CT molecular complexity index is 314. The zero-order chi connectivity index (χ0) is 13.4. The molecule has 0 aromatic heterocycles. The number of aliphatic hydroxyl groups excluding tert-OH is 1. The Labute approximate surface area is 110 Å². The third kappa shape index (κ3) is 5.63. The lowest BCUT2D eigenvalue weighted by Crippen LogP contribution is -2.39. The maximum Gasteiger partial charge on any atom is 0.0473 e.